The van der Waals surface area contributed by atoms with Gasteiger partial charge in [-0.25, -0.2) is 0 Å². The number of rotatable bonds is 7. The first kappa shape index (κ1) is 21.0. The lowest BCUT2D eigenvalue weighted by Crippen LogP contribution is -2.43. The van der Waals surface area contributed by atoms with Crippen LogP contribution in [0.15, 0.2) is 29.3 Å². The number of hydrogen-bond donors (Lipinski definition) is 3. The molecule has 0 saturated carbocycles. The fourth-order valence-electron chi connectivity index (χ4n) is 1.69. The summed E-state index contributed by atoms with van der Waals surface area (Å²) in [4.78, 5) is 15.6. The van der Waals surface area contributed by atoms with Crippen LogP contribution in [0.4, 0.5) is 0 Å². The Hall–Kier alpha value is -1.02. The summed E-state index contributed by atoms with van der Waals surface area (Å²) in [7, 11) is 1.68. The number of amides is 1. The smallest absolute Gasteiger partial charge is 0.239 e. The molecule has 0 aliphatic rings. The molecule has 0 heterocycles. The largest absolute Gasteiger partial charge is 0.356 e. The van der Waals surface area contributed by atoms with Crippen LogP contribution in [-0.4, -0.2) is 38.5 Å². The Bertz CT molecular complexity index is 465. The average molecular weight is 439 g/mol. The fourth-order valence-corrected chi connectivity index (χ4v) is 1.81. The molecule has 7 heteroatoms. The summed E-state index contributed by atoms with van der Waals surface area (Å²) in [5.74, 6) is 0.591. The van der Waals surface area contributed by atoms with Gasteiger partial charge in [0.15, 0.2) is 5.96 Å². The summed E-state index contributed by atoms with van der Waals surface area (Å²) in [6.45, 7) is 3.67. The summed E-state index contributed by atoms with van der Waals surface area (Å²) >= 11 is 5.84. The van der Waals surface area contributed by atoms with Crippen LogP contribution in [0.25, 0.3) is 0 Å². The molecule has 0 aromatic heterocycles. The molecule has 0 atom stereocenters. The number of carbonyl (C=O) groups excluding carboxylic acids is 1. The summed E-state index contributed by atoms with van der Waals surface area (Å²) in [5.41, 5.74) is 1.20. The zero-order chi connectivity index (χ0) is 15.5. The number of carbonyl (C=O) groups is 1. The first-order chi connectivity index (χ1) is 10.2. The minimum Gasteiger partial charge on any atom is -0.356 e. The quantitative estimate of drug-likeness (QED) is 0.347. The van der Waals surface area contributed by atoms with Crippen molar-refractivity contribution in [3.8, 4) is 0 Å². The molecule has 1 aromatic rings. The van der Waals surface area contributed by atoms with E-state index < -0.39 is 0 Å². The van der Waals surface area contributed by atoms with Crippen LogP contribution in [0, 0.1) is 0 Å². The summed E-state index contributed by atoms with van der Waals surface area (Å²) < 4.78 is 0. The van der Waals surface area contributed by atoms with Crippen molar-refractivity contribution in [2.45, 2.75) is 19.8 Å². The van der Waals surface area contributed by atoms with Gasteiger partial charge in [0.2, 0.25) is 5.91 Å². The van der Waals surface area contributed by atoms with Crippen molar-refractivity contribution in [2.24, 2.45) is 4.99 Å². The van der Waals surface area contributed by atoms with Crippen LogP contribution in [0.2, 0.25) is 5.02 Å². The fraction of sp³-hybridized carbons (Fsp3) is 0.467. The Labute approximate surface area is 154 Å². The Kier molecular flexibility index (Phi) is 11.9. The Morgan fingerprint density at radius 2 is 1.82 bits per heavy atom. The third kappa shape index (κ3) is 9.09. The number of hydrogen-bond acceptors (Lipinski definition) is 2. The van der Waals surface area contributed by atoms with Crippen molar-refractivity contribution >= 4 is 47.4 Å². The Balaban J connectivity index is 0.00000441. The molecule has 0 aliphatic carbocycles. The van der Waals surface area contributed by atoms with Gasteiger partial charge in [0, 0.05) is 25.2 Å². The highest BCUT2D eigenvalue weighted by atomic mass is 127. The summed E-state index contributed by atoms with van der Waals surface area (Å²) in [5, 5.41) is 9.69. The van der Waals surface area contributed by atoms with Crippen molar-refractivity contribution in [3.05, 3.63) is 34.9 Å². The molecule has 1 rings (SSSR count). The maximum Gasteiger partial charge on any atom is 0.239 e. The van der Waals surface area contributed by atoms with Crippen molar-refractivity contribution in [3.63, 3.8) is 0 Å². The van der Waals surface area contributed by atoms with Crippen molar-refractivity contribution in [1.29, 1.82) is 0 Å². The van der Waals surface area contributed by atoms with Crippen LogP contribution < -0.4 is 16.0 Å². The van der Waals surface area contributed by atoms with Gasteiger partial charge in [0.1, 0.15) is 0 Å². The lowest BCUT2D eigenvalue weighted by Gasteiger charge is -2.11. The third-order valence-corrected chi connectivity index (χ3v) is 3.08. The zero-order valence-electron chi connectivity index (χ0n) is 13.0. The van der Waals surface area contributed by atoms with Gasteiger partial charge in [0.05, 0.1) is 6.54 Å². The van der Waals surface area contributed by atoms with Crippen LogP contribution in [0.3, 0.4) is 0 Å². The van der Waals surface area contributed by atoms with Crippen LogP contribution >= 0.6 is 35.6 Å². The van der Waals surface area contributed by atoms with Crippen molar-refractivity contribution in [1.82, 2.24) is 16.0 Å². The van der Waals surface area contributed by atoms with Gasteiger partial charge in [-0.2, -0.15) is 0 Å². The summed E-state index contributed by atoms with van der Waals surface area (Å²) in [6.07, 6.45) is 1.79. The number of guanidine groups is 1. The van der Waals surface area contributed by atoms with Crippen LogP contribution in [0.5, 0.6) is 0 Å². The van der Waals surface area contributed by atoms with Crippen molar-refractivity contribution < 1.29 is 4.79 Å². The van der Waals surface area contributed by atoms with E-state index >= 15 is 0 Å². The van der Waals surface area contributed by atoms with E-state index in [2.05, 4.69) is 20.9 Å². The van der Waals surface area contributed by atoms with Gasteiger partial charge in [-0.05, 0) is 30.5 Å². The molecule has 124 valence electrons. The molecule has 3 N–H and O–H groups in total. The van der Waals surface area contributed by atoms with Gasteiger partial charge < -0.3 is 16.0 Å². The second kappa shape index (κ2) is 12.5. The first-order valence-electron chi connectivity index (χ1n) is 7.11. The standard InChI is InChI=1S/C15H23ClN4O.HI/c1-3-9-18-14(21)11-20-15(17-2)19-10-8-12-4-6-13(16)7-5-12;/h4-7H,3,8-11H2,1-2H3,(H,18,21)(H2,17,19,20);1H. The normalized spacial score (nSPS) is 10.6. The SMILES string of the molecule is CCCNC(=O)CNC(=NC)NCCc1ccc(Cl)cc1.I. The molecule has 1 amide bonds. The average Bonchev–Trinajstić information content (AvgIpc) is 2.50. The topological polar surface area (TPSA) is 65.5 Å². The second-order valence-electron chi connectivity index (χ2n) is 4.58. The predicted octanol–water partition coefficient (Wildman–Crippen LogP) is 2.19. The minimum absolute atomic E-state index is 0. The molecule has 0 spiro atoms. The maximum absolute atomic E-state index is 11.5. The molecule has 5 nitrogen and oxygen atoms in total. The second-order valence-corrected chi connectivity index (χ2v) is 5.02. The first-order valence-corrected chi connectivity index (χ1v) is 7.49. The monoisotopic (exact) mass is 438 g/mol. The molecular weight excluding hydrogens is 415 g/mol. The number of benzene rings is 1. The molecular formula is C15H24ClIN4O. The summed E-state index contributed by atoms with van der Waals surface area (Å²) in [6, 6.07) is 7.75. The maximum atomic E-state index is 11.5. The van der Waals surface area contributed by atoms with E-state index in [0.29, 0.717) is 12.5 Å². The van der Waals surface area contributed by atoms with E-state index in [0.717, 1.165) is 24.4 Å². The predicted molar refractivity (Wildman–Crippen MR) is 103 cm³/mol. The van der Waals surface area contributed by atoms with Crippen LogP contribution in [0.1, 0.15) is 18.9 Å². The van der Waals surface area contributed by atoms with Gasteiger partial charge in [0.25, 0.3) is 0 Å². The van der Waals surface area contributed by atoms with E-state index in [1.54, 1.807) is 7.05 Å². The van der Waals surface area contributed by atoms with E-state index in [1.807, 2.05) is 31.2 Å². The molecule has 1 aromatic carbocycles. The van der Waals surface area contributed by atoms with Gasteiger partial charge in [-0.1, -0.05) is 30.7 Å². The van der Waals surface area contributed by atoms with Crippen LogP contribution in [-0.2, 0) is 11.2 Å². The zero-order valence-corrected chi connectivity index (χ0v) is 16.1. The minimum atomic E-state index is -0.0301. The molecule has 22 heavy (non-hydrogen) atoms. The Morgan fingerprint density at radius 1 is 1.14 bits per heavy atom. The third-order valence-electron chi connectivity index (χ3n) is 2.83. The van der Waals surface area contributed by atoms with Gasteiger partial charge in [-0.15, -0.1) is 24.0 Å². The lowest BCUT2D eigenvalue weighted by atomic mass is 10.1. The highest BCUT2D eigenvalue weighted by Crippen LogP contribution is 2.09. The van der Waals surface area contributed by atoms with Gasteiger partial charge in [-0.3, -0.25) is 9.79 Å². The molecule has 0 saturated heterocycles. The van der Waals surface area contributed by atoms with E-state index in [-0.39, 0.29) is 36.4 Å². The van der Waals surface area contributed by atoms with E-state index in [1.165, 1.54) is 5.56 Å². The Morgan fingerprint density at radius 3 is 2.41 bits per heavy atom. The highest BCUT2D eigenvalue weighted by molar-refractivity contribution is 14.0. The molecule has 0 fully saturated rings. The molecule has 0 aliphatic heterocycles. The van der Waals surface area contributed by atoms with E-state index in [4.69, 9.17) is 11.6 Å². The highest BCUT2D eigenvalue weighted by Gasteiger charge is 2.02. The van der Waals surface area contributed by atoms with Gasteiger partial charge >= 0.3 is 0 Å². The van der Waals surface area contributed by atoms with Crippen molar-refractivity contribution in [2.75, 3.05) is 26.7 Å². The molecule has 0 bridgehead atoms. The van der Waals surface area contributed by atoms with E-state index in [9.17, 15) is 4.79 Å². The number of halogens is 2. The molecule has 0 radical (unpaired) electrons. The number of aliphatic imine (C=N–C) groups is 1. The lowest BCUT2D eigenvalue weighted by molar-refractivity contribution is -0.120. The number of nitrogens with zero attached hydrogens (tertiary/aromatic N) is 1. The number of nitrogens with one attached hydrogen (secondary N) is 3. The molecule has 0 unspecified atom stereocenters.